The van der Waals surface area contributed by atoms with Gasteiger partial charge in [0.15, 0.2) is 5.75 Å². The summed E-state index contributed by atoms with van der Waals surface area (Å²) in [6, 6.07) is 3.01. The number of aromatic hydroxyl groups is 1. The number of phenolic OH excluding ortho intramolecular Hbond substituents is 1. The molecular weight excluding hydrogens is 285 g/mol. The summed E-state index contributed by atoms with van der Waals surface area (Å²) in [5.74, 6) is 0.765. The monoisotopic (exact) mass is 297 g/mol. The van der Waals surface area contributed by atoms with Gasteiger partial charge in [0, 0.05) is 11.6 Å². The van der Waals surface area contributed by atoms with Crippen molar-refractivity contribution in [1.29, 1.82) is 0 Å². The SMILES string of the molecule is O=C(Nc1cc(Cl)c(O)c(Cl)c1)C1CC2C=CC1C2. The first-order valence-corrected chi connectivity index (χ1v) is 6.97. The van der Waals surface area contributed by atoms with Crippen LogP contribution in [0.5, 0.6) is 5.75 Å². The van der Waals surface area contributed by atoms with Gasteiger partial charge >= 0.3 is 0 Å². The Hall–Kier alpha value is -1.19. The quantitative estimate of drug-likeness (QED) is 0.643. The maximum atomic E-state index is 12.2. The van der Waals surface area contributed by atoms with Crippen molar-refractivity contribution in [1.82, 2.24) is 0 Å². The second-order valence-corrected chi connectivity index (χ2v) is 5.98. The van der Waals surface area contributed by atoms with Crippen LogP contribution in [0.15, 0.2) is 24.3 Å². The molecule has 19 heavy (non-hydrogen) atoms. The summed E-state index contributed by atoms with van der Waals surface area (Å²) in [6.45, 7) is 0. The number of anilines is 1. The molecule has 0 heterocycles. The van der Waals surface area contributed by atoms with E-state index in [0.29, 0.717) is 17.5 Å². The van der Waals surface area contributed by atoms with E-state index >= 15 is 0 Å². The second-order valence-electron chi connectivity index (χ2n) is 5.16. The summed E-state index contributed by atoms with van der Waals surface area (Å²) < 4.78 is 0. The Kier molecular flexibility index (Phi) is 3.19. The summed E-state index contributed by atoms with van der Waals surface area (Å²) in [4.78, 5) is 12.2. The van der Waals surface area contributed by atoms with E-state index in [1.165, 1.54) is 12.1 Å². The lowest BCUT2D eigenvalue weighted by molar-refractivity contribution is -0.120. The number of benzene rings is 1. The van der Waals surface area contributed by atoms with Crippen molar-refractivity contribution >= 4 is 34.8 Å². The second kappa shape index (κ2) is 4.73. The van der Waals surface area contributed by atoms with Gasteiger partial charge in [0.05, 0.1) is 10.0 Å². The third-order valence-corrected chi connectivity index (χ3v) is 4.48. The highest BCUT2D eigenvalue weighted by atomic mass is 35.5. The third kappa shape index (κ3) is 2.33. The van der Waals surface area contributed by atoms with Crippen LogP contribution in [-0.4, -0.2) is 11.0 Å². The van der Waals surface area contributed by atoms with Gasteiger partial charge in [-0.2, -0.15) is 0 Å². The molecule has 3 rings (SSSR count). The minimum absolute atomic E-state index is 0.00493. The predicted molar refractivity (Wildman–Crippen MR) is 75.6 cm³/mol. The zero-order valence-corrected chi connectivity index (χ0v) is 11.6. The zero-order valence-electron chi connectivity index (χ0n) is 10.1. The molecule has 1 fully saturated rings. The van der Waals surface area contributed by atoms with Crippen LogP contribution < -0.4 is 5.32 Å². The van der Waals surface area contributed by atoms with Crippen LogP contribution in [0.4, 0.5) is 5.69 Å². The van der Waals surface area contributed by atoms with Crippen LogP contribution in [0.1, 0.15) is 12.8 Å². The molecule has 2 N–H and O–H groups in total. The van der Waals surface area contributed by atoms with Crippen LogP contribution in [0.3, 0.4) is 0 Å². The van der Waals surface area contributed by atoms with Crippen LogP contribution in [0.25, 0.3) is 0 Å². The summed E-state index contributed by atoms with van der Waals surface area (Å²) in [6.07, 6.45) is 6.32. The van der Waals surface area contributed by atoms with E-state index in [1.807, 2.05) is 0 Å². The first-order valence-electron chi connectivity index (χ1n) is 6.22. The lowest BCUT2D eigenvalue weighted by atomic mass is 9.93. The topological polar surface area (TPSA) is 49.3 Å². The van der Waals surface area contributed by atoms with E-state index in [4.69, 9.17) is 23.2 Å². The molecule has 0 saturated heterocycles. The summed E-state index contributed by atoms with van der Waals surface area (Å²) in [5.41, 5.74) is 0.518. The molecule has 0 spiro atoms. The van der Waals surface area contributed by atoms with E-state index in [2.05, 4.69) is 17.5 Å². The van der Waals surface area contributed by atoms with Crippen LogP contribution in [-0.2, 0) is 4.79 Å². The van der Waals surface area contributed by atoms with Crippen LogP contribution in [0, 0.1) is 17.8 Å². The van der Waals surface area contributed by atoms with Crippen molar-refractivity contribution in [3.8, 4) is 5.75 Å². The van der Waals surface area contributed by atoms with Gasteiger partial charge in [-0.15, -0.1) is 0 Å². The third-order valence-electron chi connectivity index (χ3n) is 3.90. The van der Waals surface area contributed by atoms with E-state index < -0.39 is 0 Å². The van der Waals surface area contributed by atoms with Gasteiger partial charge in [0.25, 0.3) is 0 Å². The molecule has 5 heteroatoms. The molecule has 1 amide bonds. The van der Waals surface area contributed by atoms with Crippen molar-refractivity contribution in [2.24, 2.45) is 17.8 Å². The summed E-state index contributed by atoms with van der Waals surface area (Å²) in [7, 11) is 0. The Morgan fingerprint density at radius 1 is 1.21 bits per heavy atom. The van der Waals surface area contributed by atoms with Crippen LogP contribution >= 0.6 is 23.2 Å². The number of nitrogens with one attached hydrogen (secondary N) is 1. The smallest absolute Gasteiger partial charge is 0.228 e. The highest BCUT2D eigenvalue weighted by Gasteiger charge is 2.39. The number of phenols is 1. The number of carbonyl (C=O) groups excluding carboxylic acids is 1. The number of amides is 1. The Labute approximate surface area is 121 Å². The minimum atomic E-state index is -0.163. The van der Waals surface area contributed by atoms with Gasteiger partial charge in [0.1, 0.15) is 0 Å². The van der Waals surface area contributed by atoms with Crippen molar-refractivity contribution < 1.29 is 9.90 Å². The number of hydrogen-bond donors (Lipinski definition) is 2. The molecule has 1 aromatic rings. The molecule has 2 bridgehead atoms. The largest absolute Gasteiger partial charge is 0.505 e. The zero-order chi connectivity index (χ0) is 13.6. The molecule has 0 aromatic heterocycles. The number of hydrogen-bond acceptors (Lipinski definition) is 2. The van der Waals surface area contributed by atoms with Gasteiger partial charge in [-0.05, 0) is 36.8 Å². The van der Waals surface area contributed by atoms with E-state index in [0.717, 1.165) is 12.8 Å². The lowest BCUT2D eigenvalue weighted by Gasteiger charge is -2.18. The number of halogens is 2. The predicted octanol–water partition coefficient (Wildman–Crippen LogP) is 3.85. The van der Waals surface area contributed by atoms with Crippen molar-refractivity contribution in [2.75, 3.05) is 5.32 Å². The average Bonchev–Trinajstić information content (AvgIpc) is 2.98. The highest BCUT2D eigenvalue weighted by Crippen LogP contribution is 2.44. The molecular formula is C14H13Cl2NO2. The van der Waals surface area contributed by atoms with Crippen LogP contribution in [0.2, 0.25) is 10.0 Å². The van der Waals surface area contributed by atoms with Gasteiger partial charge in [-0.25, -0.2) is 0 Å². The van der Waals surface area contributed by atoms with Gasteiger partial charge in [-0.1, -0.05) is 35.4 Å². The van der Waals surface area contributed by atoms with Gasteiger partial charge < -0.3 is 10.4 Å². The van der Waals surface area contributed by atoms with Crippen molar-refractivity contribution in [3.63, 3.8) is 0 Å². The molecule has 2 aliphatic rings. The number of allylic oxidation sites excluding steroid dienone is 2. The molecule has 3 nitrogen and oxygen atoms in total. The Morgan fingerprint density at radius 2 is 1.89 bits per heavy atom. The molecule has 3 unspecified atom stereocenters. The van der Waals surface area contributed by atoms with E-state index in [9.17, 15) is 9.90 Å². The summed E-state index contributed by atoms with van der Waals surface area (Å²) >= 11 is 11.7. The average molecular weight is 298 g/mol. The van der Waals surface area contributed by atoms with E-state index in [-0.39, 0.29) is 27.6 Å². The Balaban J connectivity index is 1.75. The number of rotatable bonds is 2. The fourth-order valence-corrected chi connectivity index (χ4v) is 3.44. The maximum Gasteiger partial charge on any atom is 0.228 e. The number of fused-ring (bicyclic) bond motifs is 2. The van der Waals surface area contributed by atoms with Crippen molar-refractivity contribution in [2.45, 2.75) is 12.8 Å². The molecule has 1 saturated carbocycles. The molecule has 2 aliphatic carbocycles. The first kappa shape index (κ1) is 12.8. The Bertz CT molecular complexity index is 548. The molecule has 3 atom stereocenters. The fourth-order valence-electron chi connectivity index (χ4n) is 2.95. The van der Waals surface area contributed by atoms with E-state index in [1.54, 1.807) is 0 Å². The van der Waals surface area contributed by atoms with Gasteiger partial charge in [0.2, 0.25) is 5.91 Å². The molecule has 1 aromatic carbocycles. The number of carbonyl (C=O) groups is 1. The van der Waals surface area contributed by atoms with Crippen molar-refractivity contribution in [3.05, 3.63) is 34.3 Å². The summed E-state index contributed by atoms with van der Waals surface area (Å²) in [5, 5.41) is 12.6. The fraction of sp³-hybridized carbons (Fsp3) is 0.357. The van der Waals surface area contributed by atoms with Gasteiger partial charge in [-0.3, -0.25) is 4.79 Å². The highest BCUT2D eigenvalue weighted by molar-refractivity contribution is 6.37. The minimum Gasteiger partial charge on any atom is -0.505 e. The standard InChI is InChI=1S/C14H13Cl2NO2/c15-11-5-9(6-12(16)13(11)18)17-14(19)10-4-7-1-2-8(10)3-7/h1-2,5-8,10,18H,3-4H2,(H,17,19). The molecule has 0 radical (unpaired) electrons. The Morgan fingerprint density at radius 3 is 2.42 bits per heavy atom. The first-order chi connectivity index (χ1) is 9.04. The molecule has 100 valence electrons. The molecule has 0 aliphatic heterocycles. The normalized spacial score (nSPS) is 27.8. The lowest BCUT2D eigenvalue weighted by Crippen LogP contribution is -2.25. The maximum absolute atomic E-state index is 12.2.